The predicted molar refractivity (Wildman–Crippen MR) is 136 cm³/mol. The summed E-state index contributed by atoms with van der Waals surface area (Å²) in [5, 5.41) is 3.96. The highest BCUT2D eigenvalue weighted by Crippen LogP contribution is 2.35. The van der Waals surface area contributed by atoms with E-state index in [2.05, 4.69) is 5.32 Å². The van der Waals surface area contributed by atoms with Gasteiger partial charge in [0.15, 0.2) is 9.84 Å². The second-order valence-electron chi connectivity index (χ2n) is 8.33. The van der Waals surface area contributed by atoms with E-state index in [-0.39, 0.29) is 11.7 Å². The van der Waals surface area contributed by atoms with E-state index in [1.165, 1.54) is 41.9 Å². The van der Waals surface area contributed by atoms with Crippen molar-refractivity contribution in [2.45, 2.75) is 18.6 Å². The largest absolute Gasteiger partial charge is 0.457 e. The van der Waals surface area contributed by atoms with E-state index in [4.69, 9.17) is 16.3 Å². The third kappa shape index (κ3) is 5.09. The summed E-state index contributed by atoms with van der Waals surface area (Å²) in [6.07, 6.45) is 1.21. The molecule has 1 aromatic heterocycles. The van der Waals surface area contributed by atoms with E-state index in [0.717, 1.165) is 10.1 Å². The van der Waals surface area contributed by atoms with Gasteiger partial charge >= 0.3 is 0 Å². The topological polar surface area (TPSA) is 72.5 Å². The molecule has 0 bridgehead atoms. The lowest BCUT2D eigenvalue weighted by molar-refractivity contribution is 0.103. The number of hydrogen-bond acceptors (Lipinski definition) is 5. The first-order valence-electron chi connectivity index (χ1n) is 10.2. The normalized spacial score (nSPS) is 12.0. The van der Waals surface area contributed by atoms with Crippen molar-refractivity contribution in [2.24, 2.45) is 0 Å². The lowest BCUT2D eigenvalue weighted by Crippen LogP contribution is -2.27. The molecule has 5 nitrogen and oxygen atoms in total. The SMILES string of the molecule is CC(C)(c1ccc2sc(C(=O)Nc3cc(Cl)cc(Oc4ccc(F)cc4)c3)cc2c1)S(C)(=O)=O. The van der Waals surface area contributed by atoms with Crippen molar-refractivity contribution in [1.82, 2.24) is 0 Å². The van der Waals surface area contributed by atoms with Gasteiger partial charge in [-0.1, -0.05) is 17.7 Å². The molecule has 0 spiro atoms. The number of fused-ring (bicyclic) bond motifs is 1. The van der Waals surface area contributed by atoms with Crippen molar-refractivity contribution in [1.29, 1.82) is 0 Å². The van der Waals surface area contributed by atoms with Crippen molar-refractivity contribution in [3.8, 4) is 11.5 Å². The summed E-state index contributed by atoms with van der Waals surface area (Å²) in [5.74, 6) is 0.110. The quantitative estimate of drug-likeness (QED) is 0.298. The number of sulfone groups is 1. The first kappa shape index (κ1) is 24.2. The maximum Gasteiger partial charge on any atom is 0.265 e. The zero-order valence-electron chi connectivity index (χ0n) is 18.6. The predicted octanol–water partition coefficient (Wildman–Crippen LogP) is 7.02. The monoisotopic (exact) mass is 517 g/mol. The Bertz CT molecular complexity index is 1500. The number of carbonyl (C=O) groups is 1. The number of amides is 1. The minimum absolute atomic E-state index is 0.333. The number of carbonyl (C=O) groups excluding carboxylic acids is 1. The summed E-state index contributed by atoms with van der Waals surface area (Å²) in [6.45, 7) is 3.32. The van der Waals surface area contributed by atoms with Gasteiger partial charge in [-0.2, -0.15) is 0 Å². The molecule has 0 aliphatic carbocycles. The number of rotatable bonds is 6. The summed E-state index contributed by atoms with van der Waals surface area (Å²) >= 11 is 7.50. The van der Waals surface area contributed by atoms with Crippen molar-refractivity contribution < 1.29 is 22.3 Å². The summed E-state index contributed by atoms with van der Waals surface area (Å²) in [6, 6.07) is 17.5. The highest BCUT2D eigenvalue weighted by Gasteiger charge is 2.32. The molecule has 0 radical (unpaired) electrons. The molecule has 4 aromatic rings. The Morgan fingerprint density at radius 2 is 1.71 bits per heavy atom. The average molecular weight is 518 g/mol. The van der Waals surface area contributed by atoms with E-state index in [0.29, 0.717) is 32.6 Å². The Labute approximate surface area is 206 Å². The molecule has 9 heteroatoms. The van der Waals surface area contributed by atoms with Crippen LogP contribution in [0.5, 0.6) is 11.5 Å². The van der Waals surface area contributed by atoms with Crippen LogP contribution >= 0.6 is 22.9 Å². The van der Waals surface area contributed by atoms with Gasteiger partial charge in [-0.3, -0.25) is 4.79 Å². The third-order valence-corrected chi connectivity index (χ3v) is 8.96. The summed E-state index contributed by atoms with van der Waals surface area (Å²) in [5.41, 5.74) is 1.09. The van der Waals surface area contributed by atoms with Crippen LogP contribution in [0.2, 0.25) is 5.02 Å². The molecule has 0 atom stereocenters. The molecule has 0 aliphatic heterocycles. The molecule has 3 aromatic carbocycles. The summed E-state index contributed by atoms with van der Waals surface area (Å²) in [4.78, 5) is 13.4. The van der Waals surface area contributed by atoms with Crippen LogP contribution in [0.1, 0.15) is 29.1 Å². The molecule has 1 amide bonds. The van der Waals surface area contributed by atoms with Gasteiger partial charge < -0.3 is 10.1 Å². The first-order valence-corrected chi connectivity index (χ1v) is 13.3. The number of thiophene rings is 1. The van der Waals surface area contributed by atoms with E-state index >= 15 is 0 Å². The van der Waals surface area contributed by atoms with Crippen LogP contribution < -0.4 is 10.1 Å². The number of ether oxygens (including phenoxy) is 1. The number of benzene rings is 3. The molecule has 34 heavy (non-hydrogen) atoms. The van der Waals surface area contributed by atoms with Gasteiger partial charge in [-0.25, -0.2) is 12.8 Å². The van der Waals surface area contributed by atoms with Gasteiger partial charge in [0.25, 0.3) is 5.91 Å². The van der Waals surface area contributed by atoms with Crippen LogP contribution in [0.15, 0.2) is 66.7 Å². The fourth-order valence-corrected chi connectivity index (χ4v) is 4.99. The minimum atomic E-state index is -3.33. The number of halogens is 2. The Morgan fingerprint density at radius 3 is 2.38 bits per heavy atom. The smallest absolute Gasteiger partial charge is 0.265 e. The molecule has 0 saturated carbocycles. The fraction of sp³-hybridized carbons (Fsp3) is 0.160. The summed E-state index contributed by atoms with van der Waals surface area (Å²) in [7, 11) is -3.33. The van der Waals surface area contributed by atoms with Crippen LogP contribution in [-0.4, -0.2) is 20.6 Å². The zero-order chi connectivity index (χ0) is 24.7. The Balaban J connectivity index is 1.57. The Morgan fingerprint density at radius 1 is 1.00 bits per heavy atom. The molecule has 1 N–H and O–H groups in total. The maximum absolute atomic E-state index is 13.1. The van der Waals surface area contributed by atoms with E-state index in [1.807, 2.05) is 6.07 Å². The minimum Gasteiger partial charge on any atom is -0.457 e. The maximum atomic E-state index is 13.1. The molecule has 0 aliphatic rings. The highest BCUT2D eigenvalue weighted by molar-refractivity contribution is 7.91. The Kier molecular flexibility index (Phi) is 6.42. The number of nitrogens with one attached hydrogen (secondary N) is 1. The zero-order valence-corrected chi connectivity index (χ0v) is 20.9. The first-order chi connectivity index (χ1) is 15.9. The molecular weight excluding hydrogens is 497 g/mol. The van der Waals surface area contributed by atoms with Gasteiger partial charge in [0.05, 0.1) is 9.62 Å². The molecular formula is C25H21ClFNO4S2. The molecule has 0 saturated heterocycles. The van der Waals surface area contributed by atoms with E-state index < -0.39 is 14.6 Å². The molecule has 176 valence electrons. The van der Waals surface area contributed by atoms with Gasteiger partial charge in [0.2, 0.25) is 0 Å². The molecule has 4 rings (SSSR count). The molecule has 0 unspecified atom stereocenters. The van der Waals surface area contributed by atoms with Crippen LogP contribution in [0.3, 0.4) is 0 Å². The molecule has 0 fully saturated rings. The lowest BCUT2D eigenvalue weighted by Gasteiger charge is -2.23. The Hall–Kier alpha value is -2.94. The molecule has 1 heterocycles. The second kappa shape index (κ2) is 9.02. The van der Waals surface area contributed by atoms with Crippen LogP contribution in [0, 0.1) is 5.82 Å². The average Bonchev–Trinajstić information content (AvgIpc) is 3.18. The number of hydrogen-bond donors (Lipinski definition) is 1. The van der Waals surface area contributed by atoms with Crippen LogP contribution in [0.25, 0.3) is 10.1 Å². The third-order valence-electron chi connectivity index (χ3n) is 5.54. The van der Waals surface area contributed by atoms with Crippen molar-refractivity contribution in [3.05, 3.63) is 88.0 Å². The van der Waals surface area contributed by atoms with Gasteiger partial charge in [0, 0.05) is 27.7 Å². The number of anilines is 1. The van der Waals surface area contributed by atoms with E-state index in [9.17, 15) is 17.6 Å². The highest BCUT2D eigenvalue weighted by atomic mass is 35.5. The fourth-order valence-electron chi connectivity index (χ4n) is 3.27. The lowest BCUT2D eigenvalue weighted by atomic mass is 10.0. The van der Waals surface area contributed by atoms with Crippen LogP contribution in [0.4, 0.5) is 10.1 Å². The van der Waals surface area contributed by atoms with Crippen molar-refractivity contribution in [2.75, 3.05) is 11.6 Å². The van der Waals surface area contributed by atoms with Crippen molar-refractivity contribution in [3.63, 3.8) is 0 Å². The van der Waals surface area contributed by atoms with Gasteiger partial charge in [-0.05, 0) is 79.4 Å². The van der Waals surface area contributed by atoms with Crippen molar-refractivity contribution >= 4 is 54.5 Å². The van der Waals surface area contributed by atoms with Crippen LogP contribution in [-0.2, 0) is 14.6 Å². The van der Waals surface area contributed by atoms with Gasteiger partial charge in [0.1, 0.15) is 17.3 Å². The van der Waals surface area contributed by atoms with Gasteiger partial charge in [-0.15, -0.1) is 11.3 Å². The second-order valence-corrected chi connectivity index (χ2v) is 12.4. The summed E-state index contributed by atoms with van der Waals surface area (Å²) < 4.78 is 43.0. The van der Waals surface area contributed by atoms with E-state index in [1.54, 1.807) is 50.2 Å². The standard InChI is InChI=1S/C25H21ClFNO4S2/c1-25(2,34(3,30)31)16-4-9-22-15(10-16)11-23(33-22)24(29)28-19-12-17(26)13-21(14-19)32-20-7-5-18(27)6-8-20/h4-14H,1-3H3,(H,28,29).